The molecule has 18 heavy (non-hydrogen) atoms. The van der Waals surface area contributed by atoms with Crippen LogP contribution in [0, 0.1) is 12.8 Å². The van der Waals surface area contributed by atoms with Crippen LogP contribution in [0.25, 0.3) is 0 Å². The minimum absolute atomic E-state index is 0.182. The smallest absolute Gasteiger partial charge is 0.253 e. The summed E-state index contributed by atoms with van der Waals surface area (Å²) in [5.74, 6) is 0.901. The number of hydrogen-bond donors (Lipinski definition) is 1. The van der Waals surface area contributed by atoms with Crippen LogP contribution in [0.5, 0.6) is 0 Å². The van der Waals surface area contributed by atoms with E-state index >= 15 is 0 Å². The number of amides is 1. The molecule has 1 saturated heterocycles. The Morgan fingerprint density at radius 2 is 2.11 bits per heavy atom. The summed E-state index contributed by atoms with van der Waals surface area (Å²) in [6.07, 6.45) is 2.22. The number of piperidine rings is 1. The summed E-state index contributed by atoms with van der Waals surface area (Å²) in [5.41, 5.74) is 1.97. The molecule has 1 aromatic rings. The van der Waals surface area contributed by atoms with Crippen LogP contribution in [0.15, 0.2) is 24.3 Å². The van der Waals surface area contributed by atoms with E-state index in [-0.39, 0.29) is 5.91 Å². The van der Waals surface area contributed by atoms with Gasteiger partial charge in [0.1, 0.15) is 0 Å². The third-order valence-corrected chi connectivity index (χ3v) is 3.66. The lowest BCUT2D eigenvalue weighted by molar-refractivity contribution is 0.0691. The summed E-state index contributed by atoms with van der Waals surface area (Å²) >= 11 is 0. The van der Waals surface area contributed by atoms with Crippen molar-refractivity contribution < 1.29 is 4.79 Å². The summed E-state index contributed by atoms with van der Waals surface area (Å²) in [7, 11) is 1.99. The highest BCUT2D eigenvalue weighted by molar-refractivity contribution is 5.94. The van der Waals surface area contributed by atoms with Gasteiger partial charge in [-0.3, -0.25) is 4.79 Å². The predicted molar refractivity (Wildman–Crippen MR) is 73.7 cm³/mol. The molecule has 1 amide bonds. The molecule has 0 aliphatic carbocycles. The van der Waals surface area contributed by atoms with Crippen molar-refractivity contribution in [3.05, 3.63) is 35.4 Å². The van der Waals surface area contributed by atoms with E-state index in [0.717, 1.165) is 49.5 Å². The molecule has 0 atom stereocenters. The van der Waals surface area contributed by atoms with Crippen molar-refractivity contribution in [2.24, 2.45) is 5.92 Å². The first-order valence-electron chi connectivity index (χ1n) is 6.71. The average Bonchev–Trinajstić information content (AvgIpc) is 2.39. The molecule has 3 heteroatoms. The van der Waals surface area contributed by atoms with E-state index in [1.165, 1.54) is 0 Å². The van der Waals surface area contributed by atoms with Gasteiger partial charge >= 0.3 is 0 Å². The average molecular weight is 246 g/mol. The molecule has 1 N–H and O–H groups in total. The number of benzene rings is 1. The second-order valence-electron chi connectivity index (χ2n) is 5.16. The minimum atomic E-state index is 0.182. The first-order chi connectivity index (χ1) is 8.70. The fraction of sp³-hybridized carbons (Fsp3) is 0.533. The molecule has 3 nitrogen and oxygen atoms in total. The molecule has 2 rings (SSSR count). The predicted octanol–water partition coefficient (Wildman–Crippen LogP) is 2.07. The third kappa shape index (κ3) is 3.10. The molecule has 1 heterocycles. The van der Waals surface area contributed by atoms with E-state index in [1.54, 1.807) is 0 Å². The zero-order chi connectivity index (χ0) is 13.0. The Hall–Kier alpha value is -1.35. The quantitative estimate of drug-likeness (QED) is 0.885. The van der Waals surface area contributed by atoms with E-state index in [0.29, 0.717) is 0 Å². The highest BCUT2D eigenvalue weighted by Gasteiger charge is 2.23. The maximum atomic E-state index is 12.3. The lowest BCUT2D eigenvalue weighted by Crippen LogP contribution is -2.40. The lowest BCUT2D eigenvalue weighted by Gasteiger charge is -2.32. The van der Waals surface area contributed by atoms with Gasteiger partial charge in [-0.2, -0.15) is 0 Å². The second-order valence-corrected chi connectivity index (χ2v) is 5.16. The normalized spacial score (nSPS) is 16.9. The SMILES string of the molecule is CNCC1CCN(C(=O)c2cccc(C)c2)CC1. The molecule has 1 aromatic carbocycles. The van der Waals surface area contributed by atoms with Gasteiger partial charge in [-0.15, -0.1) is 0 Å². The van der Waals surface area contributed by atoms with Gasteiger partial charge in [-0.1, -0.05) is 17.7 Å². The Balaban J connectivity index is 1.95. The first kappa shape index (κ1) is 13.1. The van der Waals surface area contributed by atoms with E-state index in [4.69, 9.17) is 0 Å². The van der Waals surface area contributed by atoms with Gasteiger partial charge in [0.25, 0.3) is 5.91 Å². The van der Waals surface area contributed by atoms with E-state index in [2.05, 4.69) is 5.32 Å². The number of aryl methyl sites for hydroxylation is 1. The van der Waals surface area contributed by atoms with Gasteiger partial charge < -0.3 is 10.2 Å². The molecular formula is C15H22N2O. The number of nitrogens with one attached hydrogen (secondary N) is 1. The fourth-order valence-corrected chi connectivity index (χ4v) is 2.59. The van der Waals surface area contributed by atoms with Crippen LogP contribution in [-0.4, -0.2) is 37.5 Å². The van der Waals surface area contributed by atoms with Crippen molar-refractivity contribution in [3.63, 3.8) is 0 Å². The van der Waals surface area contributed by atoms with E-state index in [1.807, 2.05) is 43.1 Å². The topological polar surface area (TPSA) is 32.3 Å². The Morgan fingerprint density at radius 1 is 1.39 bits per heavy atom. The van der Waals surface area contributed by atoms with Gasteiger partial charge in [0, 0.05) is 18.7 Å². The molecule has 0 saturated carbocycles. The summed E-state index contributed by atoms with van der Waals surface area (Å²) in [6.45, 7) is 4.86. The van der Waals surface area contributed by atoms with E-state index < -0.39 is 0 Å². The molecule has 0 bridgehead atoms. The maximum Gasteiger partial charge on any atom is 0.253 e. The van der Waals surface area contributed by atoms with Crippen molar-refractivity contribution in [1.29, 1.82) is 0 Å². The molecule has 98 valence electrons. The zero-order valence-corrected chi connectivity index (χ0v) is 11.3. The third-order valence-electron chi connectivity index (χ3n) is 3.66. The number of rotatable bonds is 3. The Bertz CT molecular complexity index is 409. The van der Waals surface area contributed by atoms with E-state index in [9.17, 15) is 4.79 Å². The van der Waals surface area contributed by atoms with Crippen molar-refractivity contribution in [3.8, 4) is 0 Å². The van der Waals surface area contributed by atoms with Crippen molar-refractivity contribution in [1.82, 2.24) is 10.2 Å². The summed E-state index contributed by atoms with van der Waals surface area (Å²) in [6, 6.07) is 7.86. The van der Waals surface area contributed by atoms with Gasteiger partial charge in [-0.25, -0.2) is 0 Å². The molecular weight excluding hydrogens is 224 g/mol. The standard InChI is InChI=1S/C15H22N2O/c1-12-4-3-5-14(10-12)15(18)17-8-6-13(7-9-17)11-16-2/h3-5,10,13,16H,6-9,11H2,1-2H3. The monoisotopic (exact) mass is 246 g/mol. The van der Waals surface area contributed by atoms with Crippen molar-refractivity contribution in [2.75, 3.05) is 26.7 Å². The highest BCUT2D eigenvalue weighted by Crippen LogP contribution is 2.18. The number of hydrogen-bond acceptors (Lipinski definition) is 2. The molecule has 0 radical (unpaired) electrons. The van der Waals surface area contributed by atoms with Crippen LogP contribution in [0.1, 0.15) is 28.8 Å². The number of carbonyl (C=O) groups is 1. The van der Waals surface area contributed by atoms with Crippen LogP contribution >= 0.6 is 0 Å². The lowest BCUT2D eigenvalue weighted by atomic mass is 9.96. The van der Waals surface area contributed by atoms with Gasteiger partial charge in [0.15, 0.2) is 0 Å². The first-order valence-corrected chi connectivity index (χ1v) is 6.71. The van der Waals surface area contributed by atoms with Crippen LogP contribution < -0.4 is 5.32 Å². The van der Waals surface area contributed by atoms with Gasteiger partial charge in [0.05, 0.1) is 0 Å². The van der Waals surface area contributed by atoms with Crippen molar-refractivity contribution >= 4 is 5.91 Å². The van der Waals surface area contributed by atoms with Gasteiger partial charge in [-0.05, 0) is 51.4 Å². The largest absolute Gasteiger partial charge is 0.339 e. The molecule has 0 spiro atoms. The Morgan fingerprint density at radius 3 is 2.72 bits per heavy atom. The number of nitrogens with zero attached hydrogens (tertiary/aromatic N) is 1. The molecule has 1 aliphatic rings. The second kappa shape index (κ2) is 6.01. The molecule has 0 aromatic heterocycles. The highest BCUT2D eigenvalue weighted by atomic mass is 16.2. The summed E-state index contributed by atoms with van der Waals surface area (Å²) < 4.78 is 0. The van der Waals surface area contributed by atoms with Crippen LogP contribution in [0.4, 0.5) is 0 Å². The van der Waals surface area contributed by atoms with Crippen molar-refractivity contribution in [2.45, 2.75) is 19.8 Å². The number of carbonyl (C=O) groups excluding carboxylic acids is 1. The zero-order valence-electron chi connectivity index (χ0n) is 11.3. The summed E-state index contributed by atoms with van der Waals surface area (Å²) in [4.78, 5) is 14.3. The Kier molecular flexibility index (Phi) is 4.37. The maximum absolute atomic E-state index is 12.3. The summed E-state index contributed by atoms with van der Waals surface area (Å²) in [5, 5.41) is 3.22. The van der Waals surface area contributed by atoms with Crippen LogP contribution in [0.2, 0.25) is 0 Å². The van der Waals surface area contributed by atoms with Crippen LogP contribution in [-0.2, 0) is 0 Å². The Labute approximate surface area is 109 Å². The molecule has 1 aliphatic heterocycles. The fourth-order valence-electron chi connectivity index (χ4n) is 2.59. The minimum Gasteiger partial charge on any atom is -0.339 e. The van der Waals surface area contributed by atoms with Gasteiger partial charge in [0.2, 0.25) is 0 Å². The molecule has 0 unspecified atom stereocenters. The van der Waals surface area contributed by atoms with Crippen LogP contribution in [0.3, 0.4) is 0 Å². The number of likely N-dealkylation sites (tertiary alicyclic amines) is 1. The molecule has 1 fully saturated rings.